The number of aromatic nitrogens is 1. The van der Waals surface area contributed by atoms with Crippen LogP contribution in [0.15, 0.2) is 52.4 Å². The zero-order chi connectivity index (χ0) is 12.5. The minimum absolute atomic E-state index is 0.603. The summed E-state index contributed by atoms with van der Waals surface area (Å²) in [5, 5.41) is 11.5. The van der Waals surface area contributed by atoms with Crippen LogP contribution in [0.3, 0.4) is 0 Å². The highest BCUT2D eigenvalue weighted by Crippen LogP contribution is 2.33. The molecule has 3 aromatic rings. The lowest BCUT2D eigenvalue weighted by atomic mass is 10.0. The van der Waals surface area contributed by atoms with Gasteiger partial charge in [-0.3, -0.25) is 4.98 Å². The fourth-order valence-corrected chi connectivity index (χ4v) is 3.42. The summed E-state index contributed by atoms with van der Waals surface area (Å²) < 4.78 is 1.02. The summed E-state index contributed by atoms with van der Waals surface area (Å²) in [6.07, 6.45) is 1.16. The van der Waals surface area contributed by atoms with Gasteiger partial charge in [0.1, 0.15) is 6.10 Å². The Balaban J connectivity index is 2.14. The van der Waals surface area contributed by atoms with Gasteiger partial charge in [0.15, 0.2) is 0 Å². The lowest BCUT2D eigenvalue weighted by Crippen LogP contribution is -1.98. The van der Waals surface area contributed by atoms with E-state index in [9.17, 15) is 5.11 Å². The number of hydrogen-bond donors (Lipinski definition) is 1. The number of aliphatic hydroxyl groups is 1. The van der Waals surface area contributed by atoms with Gasteiger partial charge in [-0.25, -0.2) is 0 Å². The summed E-state index contributed by atoms with van der Waals surface area (Å²) in [6.45, 7) is 0. The summed E-state index contributed by atoms with van der Waals surface area (Å²) in [5.74, 6) is 0. The minimum atomic E-state index is -0.603. The molecule has 2 aromatic heterocycles. The molecule has 2 nitrogen and oxygen atoms in total. The van der Waals surface area contributed by atoms with Gasteiger partial charge in [0.2, 0.25) is 0 Å². The number of benzene rings is 1. The van der Waals surface area contributed by atoms with Gasteiger partial charge in [-0.2, -0.15) is 0 Å². The molecule has 2 heterocycles. The average molecular weight is 320 g/mol. The van der Waals surface area contributed by atoms with Crippen LogP contribution in [-0.2, 0) is 0 Å². The minimum Gasteiger partial charge on any atom is -0.383 e. The van der Waals surface area contributed by atoms with Crippen LogP contribution in [0.25, 0.3) is 10.9 Å². The van der Waals surface area contributed by atoms with Crippen molar-refractivity contribution in [2.45, 2.75) is 6.10 Å². The Morgan fingerprint density at radius 1 is 1.11 bits per heavy atom. The van der Waals surface area contributed by atoms with Crippen LogP contribution in [-0.4, -0.2) is 10.1 Å². The predicted molar refractivity (Wildman–Crippen MR) is 77.8 cm³/mol. The van der Waals surface area contributed by atoms with E-state index in [1.807, 2.05) is 42.5 Å². The normalized spacial score (nSPS) is 12.8. The zero-order valence-electron chi connectivity index (χ0n) is 9.38. The zero-order valence-corrected chi connectivity index (χ0v) is 11.8. The van der Waals surface area contributed by atoms with Gasteiger partial charge >= 0.3 is 0 Å². The molecule has 0 saturated heterocycles. The van der Waals surface area contributed by atoms with Crippen LogP contribution in [0.4, 0.5) is 0 Å². The van der Waals surface area contributed by atoms with E-state index in [1.54, 1.807) is 17.5 Å². The summed E-state index contributed by atoms with van der Waals surface area (Å²) in [6, 6.07) is 13.6. The molecule has 1 unspecified atom stereocenters. The molecule has 3 rings (SSSR count). The van der Waals surface area contributed by atoms with Crippen molar-refractivity contribution >= 4 is 38.2 Å². The van der Waals surface area contributed by atoms with E-state index in [0.717, 1.165) is 25.1 Å². The van der Waals surface area contributed by atoms with E-state index >= 15 is 0 Å². The quantitative estimate of drug-likeness (QED) is 0.770. The molecular weight excluding hydrogens is 310 g/mol. The first kappa shape index (κ1) is 11.8. The average Bonchev–Trinajstić information content (AvgIpc) is 2.84. The summed E-state index contributed by atoms with van der Waals surface area (Å²) in [7, 11) is 0. The Hall–Kier alpha value is -1.23. The molecule has 0 spiro atoms. The second-order valence-corrected chi connectivity index (χ2v) is 6.46. The van der Waals surface area contributed by atoms with E-state index in [2.05, 4.69) is 20.9 Å². The maximum absolute atomic E-state index is 10.5. The van der Waals surface area contributed by atoms with Crippen molar-refractivity contribution in [2.75, 3.05) is 0 Å². The molecule has 0 aliphatic heterocycles. The number of nitrogens with zero attached hydrogens (tertiary/aromatic N) is 1. The molecule has 90 valence electrons. The first-order valence-corrected chi connectivity index (χ1v) is 7.13. The molecule has 1 aromatic carbocycles. The van der Waals surface area contributed by atoms with E-state index in [0.29, 0.717) is 0 Å². The van der Waals surface area contributed by atoms with Crippen LogP contribution in [0.1, 0.15) is 16.5 Å². The SMILES string of the molecule is OC(c1ccc(Br)s1)c1cccc2ncccc12. The first-order chi connectivity index (χ1) is 8.75. The Labute approximate surface area is 117 Å². The topological polar surface area (TPSA) is 33.1 Å². The van der Waals surface area contributed by atoms with Crippen LogP contribution < -0.4 is 0 Å². The number of thiophene rings is 1. The number of pyridine rings is 1. The van der Waals surface area contributed by atoms with Crippen molar-refractivity contribution in [3.8, 4) is 0 Å². The van der Waals surface area contributed by atoms with Gasteiger partial charge in [0, 0.05) is 16.5 Å². The van der Waals surface area contributed by atoms with Crippen LogP contribution in [0.5, 0.6) is 0 Å². The molecule has 4 heteroatoms. The van der Waals surface area contributed by atoms with E-state index in [-0.39, 0.29) is 0 Å². The number of aliphatic hydroxyl groups excluding tert-OH is 1. The smallest absolute Gasteiger partial charge is 0.114 e. The fourth-order valence-electron chi connectivity index (χ4n) is 1.99. The lowest BCUT2D eigenvalue weighted by molar-refractivity contribution is 0.226. The molecule has 0 saturated carbocycles. The van der Waals surface area contributed by atoms with Crippen molar-refractivity contribution in [3.05, 3.63) is 62.9 Å². The monoisotopic (exact) mass is 319 g/mol. The Kier molecular flexibility index (Phi) is 3.16. The fraction of sp³-hybridized carbons (Fsp3) is 0.0714. The highest BCUT2D eigenvalue weighted by molar-refractivity contribution is 9.11. The number of halogens is 1. The molecule has 0 aliphatic rings. The summed E-state index contributed by atoms with van der Waals surface area (Å²) in [5.41, 5.74) is 1.81. The van der Waals surface area contributed by atoms with Crippen molar-refractivity contribution in [1.29, 1.82) is 0 Å². The number of fused-ring (bicyclic) bond motifs is 1. The van der Waals surface area contributed by atoms with Crippen molar-refractivity contribution in [3.63, 3.8) is 0 Å². The second kappa shape index (κ2) is 4.80. The predicted octanol–water partition coefficient (Wildman–Crippen LogP) is 4.14. The molecule has 0 aliphatic carbocycles. The van der Waals surface area contributed by atoms with E-state index in [1.165, 1.54) is 0 Å². The van der Waals surface area contributed by atoms with Gasteiger partial charge in [0.05, 0.1) is 9.30 Å². The van der Waals surface area contributed by atoms with Crippen LogP contribution in [0, 0.1) is 0 Å². The highest BCUT2D eigenvalue weighted by atomic mass is 79.9. The maximum Gasteiger partial charge on any atom is 0.114 e. The van der Waals surface area contributed by atoms with Crippen LogP contribution in [0.2, 0.25) is 0 Å². The van der Waals surface area contributed by atoms with Gasteiger partial charge in [0.25, 0.3) is 0 Å². The van der Waals surface area contributed by atoms with Gasteiger partial charge in [-0.05, 0) is 45.8 Å². The third kappa shape index (κ3) is 2.07. The molecule has 1 atom stereocenters. The summed E-state index contributed by atoms with van der Waals surface area (Å²) >= 11 is 4.96. The second-order valence-electron chi connectivity index (χ2n) is 3.96. The molecule has 0 amide bonds. The first-order valence-electron chi connectivity index (χ1n) is 5.52. The van der Waals surface area contributed by atoms with Gasteiger partial charge in [-0.1, -0.05) is 18.2 Å². The van der Waals surface area contributed by atoms with Crippen molar-refractivity contribution < 1.29 is 5.11 Å². The van der Waals surface area contributed by atoms with E-state index < -0.39 is 6.10 Å². The molecule has 0 bridgehead atoms. The summed E-state index contributed by atoms with van der Waals surface area (Å²) in [4.78, 5) is 5.24. The van der Waals surface area contributed by atoms with Crippen molar-refractivity contribution in [1.82, 2.24) is 4.98 Å². The largest absolute Gasteiger partial charge is 0.383 e. The van der Waals surface area contributed by atoms with Gasteiger partial charge in [-0.15, -0.1) is 11.3 Å². The Bertz CT molecular complexity index is 690. The number of rotatable bonds is 2. The molecule has 18 heavy (non-hydrogen) atoms. The van der Waals surface area contributed by atoms with Crippen molar-refractivity contribution in [2.24, 2.45) is 0 Å². The standard InChI is InChI=1S/C14H10BrNOS/c15-13-7-6-12(18-13)14(17)10-3-1-5-11-9(10)4-2-8-16-11/h1-8,14,17H. The molecular formula is C14H10BrNOS. The maximum atomic E-state index is 10.5. The number of hydrogen-bond acceptors (Lipinski definition) is 3. The Morgan fingerprint density at radius 3 is 2.78 bits per heavy atom. The third-order valence-electron chi connectivity index (χ3n) is 2.84. The third-order valence-corrected chi connectivity index (χ3v) is 4.51. The highest BCUT2D eigenvalue weighted by Gasteiger charge is 2.15. The van der Waals surface area contributed by atoms with Gasteiger partial charge < -0.3 is 5.11 Å². The van der Waals surface area contributed by atoms with E-state index in [4.69, 9.17) is 0 Å². The molecule has 0 fully saturated rings. The molecule has 1 N–H and O–H groups in total. The molecule has 0 radical (unpaired) electrons. The lowest BCUT2D eigenvalue weighted by Gasteiger charge is -2.11. The van der Waals surface area contributed by atoms with Crippen LogP contribution >= 0.6 is 27.3 Å². The Morgan fingerprint density at radius 2 is 2.00 bits per heavy atom.